The van der Waals surface area contributed by atoms with Crippen molar-refractivity contribution in [3.63, 3.8) is 0 Å². The Morgan fingerprint density at radius 3 is 2.42 bits per heavy atom. The first-order valence-electron chi connectivity index (χ1n) is 13.1. The van der Waals surface area contributed by atoms with Gasteiger partial charge < -0.3 is 31.3 Å². The van der Waals surface area contributed by atoms with Crippen molar-refractivity contribution in [1.82, 2.24) is 15.2 Å². The first-order valence-corrected chi connectivity index (χ1v) is 13.9. The van der Waals surface area contributed by atoms with Gasteiger partial charge in [0.25, 0.3) is 5.91 Å². The van der Waals surface area contributed by atoms with Crippen molar-refractivity contribution in [1.29, 1.82) is 0 Å². The highest BCUT2D eigenvalue weighted by atomic mass is 32.1. The Bertz CT molecular complexity index is 1330. The van der Waals surface area contributed by atoms with E-state index in [-0.39, 0.29) is 34.1 Å². The van der Waals surface area contributed by atoms with E-state index in [4.69, 9.17) is 16.2 Å². The molecule has 0 saturated carbocycles. The predicted octanol–water partition coefficient (Wildman–Crippen LogP) is 3.09. The van der Waals surface area contributed by atoms with E-state index in [9.17, 15) is 18.8 Å². The third kappa shape index (κ3) is 7.33. The maximum absolute atomic E-state index is 13.5. The Balaban J connectivity index is 1.38. The number of ketones is 1. The van der Waals surface area contributed by atoms with Crippen LogP contribution >= 0.6 is 11.3 Å². The minimum atomic E-state index is -0.836. The molecule has 1 aromatic heterocycles. The molecule has 2 amide bonds. The van der Waals surface area contributed by atoms with Crippen LogP contribution in [0.15, 0.2) is 48.5 Å². The second kappa shape index (κ2) is 13.4. The summed E-state index contributed by atoms with van der Waals surface area (Å²) < 4.78 is 19.1. The molecule has 2 aromatic carbocycles. The van der Waals surface area contributed by atoms with Crippen LogP contribution in [0, 0.1) is 5.82 Å². The summed E-state index contributed by atoms with van der Waals surface area (Å²) >= 11 is 1.00. The third-order valence-electron chi connectivity index (χ3n) is 6.64. The van der Waals surface area contributed by atoms with E-state index >= 15 is 0 Å². The molecule has 4 rings (SSSR count). The number of primary amides is 1. The van der Waals surface area contributed by atoms with Gasteiger partial charge >= 0.3 is 0 Å². The lowest BCUT2D eigenvalue weighted by atomic mass is 10.1. The summed E-state index contributed by atoms with van der Waals surface area (Å²) in [6, 6.07) is 11.0. The zero-order chi connectivity index (χ0) is 28.6. The van der Waals surface area contributed by atoms with Crippen LogP contribution in [0.3, 0.4) is 0 Å². The number of ether oxygens (including phenoxy) is 1. The molecule has 5 N–H and O–H groups in total. The number of nitrogens with zero attached hydrogens (tertiary/aromatic N) is 3. The van der Waals surface area contributed by atoms with Crippen LogP contribution in [0.4, 0.5) is 21.0 Å². The number of nitrogens with one attached hydrogen (secondary N) is 1. The van der Waals surface area contributed by atoms with E-state index in [0.717, 1.165) is 31.0 Å². The quantitative estimate of drug-likeness (QED) is 0.283. The number of aromatic nitrogens is 1. The van der Waals surface area contributed by atoms with Gasteiger partial charge in [-0.3, -0.25) is 14.4 Å². The molecule has 1 saturated heterocycles. The normalized spacial score (nSPS) is 14.3. The van der Waals surface area contributed by atoms with Crippen molar-refractivity contribution >= 4 is 45.6 Å². The number of likely N-dealkylation sites (tertiary alicyclic amines) is 1. The number of piperidine rings is 1. The van der Waals surface area contributed by atoms with Crippen LogP contribution in [0.25, 0.3) is 0 Å². The second-order valence-corrected chi connectivity index (χ2v) is 10.5. The maximum atomic E-state index is 13.5. The number of hydrogen-bond acceptors (Lipinski definition) is 9. The Labute approximate surface area is 236 Å². The SMILES string of the molecule is C[C@H](C(N)=O)N(c1ccc(F)cc1)c1nc(N)c(C(=O)c2ccc(OCC(=O)NCCN3CCCCC3)cc2)s1. The lowest BCUT2D eigenvalue weighted by Crippen LogP contribution is -2.39. The highest BCUT2D eigenvalue weighted by Crippen LogP contribution is 2.36. The number of halogens is 1. The van der Waals surface area contributed by atoms with Crippen LogP contribution in [0.2, 0.25) is 0 Å². The predicted molar refractivity (Wildman–Crippen MR) is 152 cm³/mol. The Hall–Kier alpha value is -4.03. The number of thiazole rings is 1. The lowest BCUT2D eigenvalue weighted by Gasteiger charge is -2.26. The van der Waals surface area contributed by atoms with Gasteiger partial charge in [-0.1, -0.05) is 17.8 Å². The first-order chi connectivity index (χ1) is 19.2. The fraction of sp³-hybridized carbons (Fsp3) is 0.357. The Morgan fingerprint density at radius 1 is 1.10 bits per heavy atom. The fourth-order valence-electron chi connectivity index (χ4n) is 4.38. The van der Waals surface area contributed by atoms with Crippen LogP contribution in [-0.2, 0) is 9.59 Å². The molecule has 0 aliphatic carbocycles. The van der Waals surface area contributed by atoms with Gasteiger partial charge in [0.15, 0.2) is 11.7 Å². The molecule has 0 spiro atoms. The molecule has 40 heavy (non-hydrogen) atoms. The van der Waals surface area contributed by atoms with Gasteiger partial charge in [0, 0.05) is 24.3 Å². The van der Waals surface area contributed by atoms with Crippen molar-refractivity contribution in [2.75, 3.05) is 43.4 Å². The number of rotatable bonds is 12. The number of benzene rings is 2. The molecule has 12 heteroatoms. The molecule has 1 atom stereocenters. The van der Waals surface area contributed by atoms with Crippen LogP contribution < -0.4 is 26.4 Å². The maximum Gasteiger partial charge on any atom is 0.257 e. The minimum absolute atomic E-state index is 0.00432. The van der Waals surface area contributed by atoms with E-state index in [1.165, 1.54) is 48.4 Å². The molecular formula is C28H33FN6O4S. The summed E-state index contributed by atoms with van der Waals surface area (Å²) in [6.45, 7) is 5.00. The Kier molecular flexibility index (Phi) is 9.67. The fourth-order valence-corrected chi connectivity index (χ4v) is 5.43. The number of anilines is 3. The average Bonchev–Trinajstić information content (AvgIpc) is 3.34. The summed E-state index contributed by atoms with van der Waals surface area (Å²) in [5.41, 5.74) is 12.4. The summed E-state index contributed by atoms with van der Waals surface area (Å²) in [5, 5.41) is 3.14. The van der Waals surface area contributed by atoms with Gasteiger partial charge in [0.2, 0.25) is 11.7 Å². The molecule has 1 aliphatic rings. The van der Waals surface area contributed by atoms with E-state index in [2.05, 4.69) is 15.2 Å². The van der Waals surface area contributed by atoms with Crippen molar-refractivity contribution in [2.45, 2.75) is 32.2 Å². The zero-order valence-corrected chi connectivity index (χ0v) is 23.1. The molecule has 3 aromatic rings. The van der Waals surface area contributed by atoms with Gasteiger partial charge in [-0.05, 0) is 81.4 Å². The van der Waals surface area contributed by atoms with Crippen molar-refractivity contribution in [3.05, 3.63) is 64.8 Å². The van der Waals surface area contributed by atoms with Gasteiger partial charge in [0.1, 0.15) is 28.3 Å². The van der Waals surface area contributed by atoms with Gasteiger partial charge in [-0.15, -0.1) is 0 Å². The second-order valence-electron chi connectivity index (χ2n) is 9.53. The van der Waals surface area contributed by atoms with E-state index in [0.29, 0.717) is 23.5 Å². The molecule has 2 heterocycles. The van der Waals surface area contributed by atoms with Crippen LogP contribution in [0.1, 0.15) is 41.4 Å². The molecule has 10 nitrogen and oxygen atoms in total. The number of carbonyl (C=O) groups is 3. The summed E-state index contributed by atoms with van der Waals surface area (Å²) in [7, 11) is 0. The van der Waals surface area contributed by atoms with Crippen molar-refractivity contribution in [2.24, 2.45) is 5.73 Å². The lowest BCUT2D eigenvalue weighted by molar-refractivity contribution is -0.123. The van der Waals surface area contributed by atoms with E-state index < -0.39 is 17.8 Å². The topological polar surface area (TPSA) is 144 Å². The molecule has 0 radical (unpaired) electrons. The number of nitrogens with two attached hydrogens (primary N) is 2. The molecule has 0 bridgehead atoms. The van der Waals surface area contributed by atoms with Crippen LogP contribution in [-0.4, -0.2) is 66.3 Å². The summed E-state index contributed by atoms with van der Waals surface area (Å²) in [5.74, 6) is -1.20. The smallest absolute Gasteiger partial charge is 0.257 e. The van der Waals surface area contributed by atoms with E-state index in [1.807, 2.05) is 0 Å². The molecule has 0 unspecified atom stereocenters. The minimum Gasteiger partial charge on any atom is -0.484 e. The summed E-state index contributed by atoms with van der Waals surface area (Å²) in [6.07, 6.45) is 3.68. The van der Waals surface area contributed by atoms with Gasteiger partial charge in [-0.2, -0.15) is 0 Å². The Morgan fingerprint density at radius 2 is 1.77 bits per heavy atom. The number of nitrogen functional groups attached to an aromatic ring is 1. The van der Waals surface area contributed by atoms with Crippen molar-refractivity contribution in [3.8, 4) is 5.75 Å². The summed E-state index contributed by atoms with van der Waals surface area (Å²) in [4.78, 5) is 45.7. The first kappa shape index (κ1) is 29.0. The van der Waals surface area contributed by atoms with Crippen LogP contribution in [0.5, 0.6) is 5.75 Å². The van der Waals surface area contributed by atoms with E-state index in [1.54, 1.807) is 31.2 Å². The molecule has 1 aliphatic heterocycles. The number of hydrogen-bond donors (Lipinski definition) is 3. The van der Waals surface area contributed by atoms with Crippen molar-refractivity contribution < 1.29 is 23.5 Å². The zero-order valence-electron chi connectivity index (χ0n) is 22.3. The average molecular weight is 569 g/mol. The van der Waals surface area contributed by atoms with Gasteiger partial charge in [0.05, 0.1) is 0 Å². The monoisotopic (exact) mass is 568 g/mol. The number of amides is 2. The molecular weight excluding hydrogens is 535 g/mol. The highest BCUT2D eigenvalue weighted by Gasteiger charge is 2.27. The molecule has 212 valence electrons. The largest absolute Gasteiger partial charge is 0.484 e. The highest BCUT2D eigenvalue weighted by molar-refractivity contribution is 7.18. The molecule has 1 fully saturated rings. The standard InChI is InChI=1S/C28H33FN6O4S/c1-18(27(31)38)35(21-9-7-20(29)8-10-21)28-33-26(30)25(40-28)24(37)19-5-11-22(12-6-19)39-17-23(36)32-13-16-34-14-3-2-4-15-34/h5-12,18H,2-4,13-17,30H2,1H3,(H2,31,38)(H,32,36)/t18-/m1/s1. The van der Waals surface area contributed by atoms with Gasteiger partial charge in [-0.25, -0.2) is 9.37 Å². The number of carbonyl (C=O) groups excluding carboxylic acids is 3. The third-order valence-corrected chi connectivity index (χ3v) is 7.71.